The Morgan fingerprint density at radius 1 is 0.667 bits per heavy atom. The summed E-state index contributed by atoms with van der Waals surface area (Å²) in [6.45, 7) is 0. The van der Waals surface area contributed by atoms with Gasteiger partial charge >= 0.3 is 0 Å². The fourth-order valence-electron chi connectivity index (χ4n) is 3.19. The summed E-state index contributed by atoms with van der Waals surface area (Å²) in [6, 6.07) is 28.1. The van der Waals surface area contributed by atoms with Gasteiger partial charge in [0, 0.05) is 11.4 Å². The quantitative estimate of drug-likeness (QED) is 0.334. The van der Waals surface area contributed by atoms with E-state index in [0.717, 1.165) is 33.6 Å². The summed E-state index contributed by atoms with van der Waals surface area (Å²) >= 11 is 0. The molecule has 30 heavy (non-hydrogen) atoms. The molecule has 3 nitrogen and oxygen atoms in total. The molecular weight excluding hydrogens is 377 g/mol. The highest BCUT2D eigenvalue weighted by Gasteiger charge is 2.07. The number of anilines is 2. The van der Waals surface area contributed by atoms with Gasteiger partial charge in [-0.05, 0) is 89.0 Å². The fourth-order valence-corrected chi connectivity index (χ4v) is 3.19. The standard InChI is InChI=1S/C26H20FNO2/c27-21-8-10-22(11-9-21)28-23-3-1-2-18(16-23)17-26(19-4-12-24(29)13-5-19)20-6-14-25(30)15-7-20/h1-17,28-30H. The van der Waals surface area contributed by atoms with E-state index in [4.69, 9.17) is 0 Å². The molecule has 0 aliphatic rings. The monoisotopic (exact) mass is 397 g/mol. The van der Waals surface area contributed by atoms with Crippen molar-refractivity contribution in [2.24, 2.45) is 0 Å². The molecule has 0 radical (unpaired) electrons. The van der Waals surface area contributed by atoms with Crippen LogP contribution in [0, 0.1) is 5.82 Å². The highest BCUT2D eigenvalue weighted by molar-refractivity contribution is 5.92. The fraction of sp³-hybridized carbons (Fsp3) is 0. The van der Waals surface area contributed by atoms with E-state index in [1.165, 1.54) is 12.1 Å². The molecule has 0 bridgehead atoms. The Morgan fingerprint density at radius 2 is 1.23 bits per heavy atom. The van der Waals surface area contributed by atoms with Gasteiger partial charge in [0.1, 0.15) is 17.3 Å². The first-order valence-corrected chi connectivity index (χ1v) is 9.50. The van der Waals surface area contributed by atoms with E-state index < -0.39 is 0 Å². The number of benzene rings is 4. The van der Waals surface area contributed by atoms with Crippen molar-refractivity contribution >= 4 is 23.0 Å². The number of halogens is 1. The molecule has 0 aliphatic carbocycles. The van der Waals surface area contributed by atoms with Gasteiger partial charge in [-0.15, -0.1) is 0 Å². The first kappa shape index (κ1) is 19.3. The van der Waals surface area contributed by atoms with Crippen molar-refractivity contribution in [1.29, 1.82) is 0 Å². The Balaban J connectivity index is 1.71. The van der Waals surface area contributed by atoms with Crippen LogP contribution in [0.25, 0.3) is 11.6 Å². The van der Waals surface area contributed by atoms with Gasteiger partial charge in [0.25, 0.3) is 0 Å². The second-order valence-corrected chi connectivity index (χ2v) is 6.91. The lowest BCUT2D eigenvalue weighted by Crippen LogP contribution is -1.92. The third-order valence-corrected chi connectivity index (χ3v) is 4.69. The summed E-state index contributed by atoms with van der Waals surface area (Å²) in [5.74, 6) is 0.133. The number of rotatable bonds is 5. The summed E-state index contributed by atoms with van der Waals surface area (Å²) in [4.78, 5) is 0. The van der Waals surface area contributed by atoms with Gasteiger partial charge in [0.15, 0.2) is 0 Å². The molecule has 0 saturated carbocycles. The van der Waals surface area contributed by atoms with Crippen LogP contribution in [0.5, 0.6) is 11.5 Å². The van der Waals surface area contributed by atoms with Crippen LogP contribution in [0.3, 0.4) is 0 Å². The van der Waals surface area contributed by atoms with Crippen LogP contribution in [-0.4, -0.2) is 10.2 Å². The topological polar surface area (TPSA) is 52.5 Å². The molecule has 0 aromatic heterocycles. The van der Waals surface area contributed by atoms with Gasteiger partial charge in [-0.1, -0.05) is 36.4 Å². The molecular formula is C26H20FNO2. The first-order valence-electron chi connectivity index (χ1n) is 9.50. The zero-order valence-corrected chi connectivity index (χ0v) is 16.1. The molecule has 0 saturated heterocycles. The van der Waals surface area contributed by atoms with E-state index in [9.17, 15) is 14.6 Å². The van der Waals surface area contributed by atoms with Crippen molar-refractivity contribution in [3.8, 4) is 11.5 Å². The highest BCUT2D eigenvalue weighted by Crippen LogP contribution is 2.29. The zero-order valence-electron chi connectivity index (χ0n) is 16.1. The van der Waals surface area contributed by atoms with Gasteiger partial charge in [-0.3, -0.25) is 0 Å². The lowest BCUT2D eigenvalue weighted by Gasteiger charge is -2.11. The van der Waals surface area contributed by atoms with Crippen molar-refractivity contribution in [3.63, 3.8) is 0 Å². The average Bonchev–Trinajstić information content (AvgIpc) is 2.76. The second-order valence-electron chi connectivity index (χ2n) is 6.91. The number of phenolic OH excluding ortho intramolecular Hbond substituents is 2. The number of phenols is 2. The maximum atomic E-state index is 13.1. The Bertz CT molecular complexity index is 1120. The summed E-state index contributed by atoms with van der Waals surface area (Å²) in [5.41, 5.74) is 5.49. The molecule has 3 N–H and O–H groups in total. The molecule has 0 atom stereocenters. The van der Waals surface area contributed by atoms with Crippen LogP contribution < -0.4 is 5.32 Å². The lowest BCUT2D eigenvalue weighted by atomic mass is 9.95. The Morgan fingerprint density at radius 3 is 1.80 bits per heavy atom. The van der Waals surface area contributed by atoms with Gasteiger partial charge in [0.05, 0.1) is 0 Å². The molecule has 4 heteroatoms. The van der Waals surface area contributed by atoms with Crippen LogP contribution >= 0.6 is 0 Å². The summed E-state index contributed by atoms with van der Waals surface area (Å²) in [5, 5.41) is 22.6. The van der Waals surface area contributed by atoms with Crippen LogP contribution in [0.1, 0.15) is 16.7 Å². The van der Waals surface area contributed by atoms with Gasteiger partial charge < -0.3 is 15.5 Å². The van der Waals surface area contributed by atoms with E-state index in [0.29, 0.717) is 0 Å². The average molecular weight is 397 g/mol. The second kappa shape index (κ2) is 8.53. The Hall–Kier alpha value is -4.05. The summed E-state index contributed by atoms with van der Waals surface area (Å²) < 4.78 is 13.1. The van der Waals surface area contributed by atoms with E-state index in [1.807, 2.05) is 48.5 Å². The van der Waals surface area contributed by atoms with E-state index in [-0.39, 0.29) is 17.3 Å². The molecule has 4 aromatic rings. The van der Waals surface area contributed by atoms with Crippen molar-refractivity contribution in [1.82, 2.24) is 0 Å². The third-order valence-electron chi connectivity index (χ3n) is 4.69. The van der Waals surface area contributed by atoms with Crippen molar-refractivity contribution in [2.75, 3.05) is 5.32 Å². The molecule has 4 rings (SSSR count). The molecule has 0 fully saturated rings. The molecule has 0 heterocycles. The molecule has 0 aliphatic heterocycles. The number of nitrogens with one attached hydrogen (secondary N) is 1. The van der Waals surface area contributed by atoms with E-state index in [1.54, 1.807) is 36.4 Å². The Labute approximate surface area is 174 Å². The largest absolute Gasteiger partial charge is 0.508 e. The molecule has 0 amide bonds. The smallest absolute Gasteiger partial charge is 0.123 e. The van der Waals surface area contributed by atoms with Crippen LogP contribution in [0.2, 0.25) is 0 Å². The van der Waals surface area contributed by atoms with E-state index in [2.05, 4.69) is 11.4 Å². The normalized spacial score (nSPS) is 10.4. The maximum Gasteiger partial charge on any atom is 0.123 e. The summed E-state index contributed by atoms with van der Waals surface area (Å²) in [7, 11) is 0. The number of aromatic hydroxyl groups is 2. The summed E-state index contributed by atoms with van der Waals surface area (Å²) in [6.07, 6.45) is 2.05. The Kier molecular flexibility index (Phi) is 5.48. The SMILES string of the molecule is Oc1ccc(C(=Cc2cccc(Nc3ccc(F)cc3)c2)c2ccc(O)cc2)cc1. The molecule has 148 valence electrons. The number of hydrogen-bond acceptors (Lipinski definition) is 3. The minimum atomic E-state index is -0.273. The minimum absolute atomic E-state index is 0.203. The predicted octanol–water partition coefficient (Wildman–Crippen LogP) is 6.57. The predicted molar refractivity (Wildman–Crippen MR) is 119 cm³/mol. The van der Waals surface area contributed by atoms with E-state index >= 15 is 0 Å². The molecule has 0 unspecified atom stereocenters. The van der Waals surface area contributed by atoms with Gasteiger partial charge in [0.2, 0.25) is 0 Å². The lowest BCUT2D eigenvalue weighted by molar-refractivity contribution is 0.475. The minimum Gasteiger partial charge on any atom is -0.508 e. The van der Waals surface area contributed by atoms with Gasteiger partial charge in [-0.25, -0.2) is 4.39 Å². The maximum absolute atomic E-state index is 13.1. The third kappa shape index (κ3) is 4.67. The van der Waals surface area contributed by atoms with Crippen LogP contribution in [0.15, 0.2) is 97.1 Å². The molecule has 0 spiro atoms. The highest BCUT2D eigenvalue weighted by atomic mass is 19.1. The zero-order chi connectivity index (χ0) is 20.9. The first-order chi connectivity index (χ1) is 14.6. The van der Waals surface area contributed by atoms with Crippen LogP contribution in [-0.2, 0) is 0 Å². The number of hydrogen-bond donors (Lipinski definition) is 3. The van der Waals surface area contributed by atoms with Crippen molar-refractivity contribution < 1.29 is 14.6 Å². The van der Waals surface area contributed by atoms with Gasteiger partial charge in [-0.2, -0.15) is 0 Å². The molecule has 4 aromatic carbocycles. The van der Waals surface area contributed by atoms with Crippen molar-refractivity contribution in [3.05, 3.63) is 120 Å². The van der Waals surface area contributed by atoms with Crippen LogP contribution in [0.4, 0.5) is 15.8 Å². The van der Waals surface area contributed by atoms with Crippen molar-refractivity contribution in [2.45, 2.75) is 0 Å².